The zero-order valence-electron chi connectivity index (χ0n) is 7.25. The first-order valence-electron chi connectivity index (χ1n) is 3.80. The Kier molecular flexibility index (Phi) is 5.03. The number of hydrogen-bond donors (Lipinski definition) is 2. The highest BCUT2D eigenvalue weighted by Gasteiger charge is 2.09. The first kappa shape index (κ1) is 10.9. The molecule has 0 radical (unpaired) electrons. The summed E-state index contributed by atoms with van der Waals surface area (Å²) in [4.78, 5) is 22.8. The molecule has 0 aliphatic carbocycles. The Hall–Kier alpha value is -1.10. The maximum absolute atomic E-state index is 11.1. The van der Waals surface area contributed by atoms with Crippen molar-refractivity contribution in [3.8, 4) is 0 Å². The van der Waals surface area contributed by atoms with Gasteiger partial charge in [-0.2, -0.15) is 0 Å². The zero-order valence-corrected chi connectivity index (χ0v) is 7.25. The Morgan fingerprint density at radius 1 is 1.42 bits per heavy atom. The van der Waals surface area contributed by atoms with Crippen molar-refractivity contribution < 1.29 is 9.59 Å². The maximum Gasteiger partial charge on any atom is 0.237 e. The number of primary amides is 1. The quantitative estimate of drug-likeness (QED) is 0.539. The highest BCUT2D eigenvalue weighted by molar-refractivity contribution is 5.83. The van der Waals surface area contributed by atoms with Gasteiger partial charge < -0.3 is 16.4 Å². The molecule has 0 bridgehead atoms. The molecule has 0 unspecified atom stereocenters. The lowest BCUT2D eigenvalue weighted by molar-refractivity contribution is -0.133. The Labute approximate surface area is 71.7 Å². The molecule has 0 heterocycles. The number of carbonyl (C=O) groups is 2. The van der Waals surface area contributed by atoms with Crippen LogP contribution in [0, 0.1) is 0 Å². The molecular formula is C7H15N3O2. The van der Waals surface area contributed by atoms with Crippen molar-refractivity contribution in [3.05, 3.63) is 0 Å². The molecule has 0 saturated carbocycles. The third-order valence-electron chi connectivity index (χ3n) is 1.41. The van der Waals surface area contributed by atoms with Gasteiger partial charge in [-0.05, 0) is 13.0 Å². The SMILES string of the molecule is CN(CC(N)=O)C(=O)CCCN. The zero-order chi connectivity index (χ0) is 9.56. The first-order valence-corrected chi connectivity index (χ1v) is 3.80. The normalized spacial score (nSPS) is 9.50. The smallest absolute Gasteiger partial charge is 0.237 e. The Morgan fingerprint density at radius 2 is 2.00 bits per heavy atom. The van der Waals surface area contributed by atoms with Crippen LogP contribution >= 0.6 is 0 Å². The van der Waals surface area contributed by atoms with Crippen LogP contribution in [0.4, 0.5) is 0 Å². The summed E-state index contributed by atoms with van der Waals surface area (Å²) in [5, 5.41) is 0. The summed E-state index contributed by atoms with van der Waals surface area (Å²) in [6.07, 6.45) is 1.02. The standard InChI is InChI=1S/C7H15N3O2/c1-10(5-6(9)11)7(12)3-2-4-8/h2-5,8H2,1H3,(H2,9,11). The lowest BCUT2D eigenvalue weighted by Gasteiger charge is -2.14. The molecule has 5 nitrogen and oxygen atoms in total. The lowest BCUT2D eigenvalue weighted by atomic mass is 10.3. The van der Waals surface area contributed by atoms with E-state index in [1.165, 1.54) is 4.90 Å². The molecule has 0 saturated heterocycles. The van der Waals surface area contributed by atoms with Gasteiger partial charge in [0.05, 0.1) is 6.54 Å². The Morgan fingerprint density at radius 3 is 2.42 bits per heavy atom. The molecule has 12 heavy (non-hydrogen) atoms. The second kappa shape index (κ2) is 5.54. The third-order valence-corrected chi connectivity index (χ3v) is 1.41. The summed E-state index contributed by atoms with van der Waals surface area (Å²) in [6, 6.07) is 0. The van der Waals surface area contributed by atoms with Crippen molar-refractivity contribution in [3.63, 3.8) is 0 Å². The molecular weight excluding hydrogens is 158 g/mol. The number of amides is 2. The predicted octanol–water partition coefficient (Wildman–Crippen LogP) is -1.33. The van der Waals surface area contributed by atoms with Crippen molar-refractivity contribution in [1.82, 2.24) is 4.90 Å². The first-order chi connectivity index (χ1) is 5.57. The molecule has 2 amide bonds. The average molecular weight is 173 g/mol. The molecule has 0 aromatic rings. The maximum atomic E-state index is 11.1. The molecule has 70 valence electrons. The van der Waals surface area contributed by atoms with Crippen molar-refractivity contribution in [2.45, 2.75) is 12.8 Å². The van der Waals surface area contributed by atoms with Crippen LogP contribution in [0.2, 0.25) is 0 Å². The van der Waals surface area contributed by atoms with E-state index in [1.54, 1.807) is 7.05 Å². The number of hydrogen-bond acceptors (Lipinski definition) is 3. The summed E-state index contributed by atoms with van der Waals surface area (Å²) in [5.74, 6) is -0.599. The second-order valence-electron chi connectivity index (χ2n) is 2.61. The fourth-order valence-corrected chi connectivity index (χ4v) is 0.766. The van der Waals surface area contributed by atoms with E-state index in [0.717, 1.165) is 0 Å². The van der Waals surface area contributed by atoms with Gasteiger partial charge >= 0.3 is 0 Å². The number of likely N-dealkylation sites (N-methyl/N-ethyl adjacent to an activating group) is 1. The molecule has 0 aromatic carbocycles. The van der Waals surface area contributed by atoms with Crippen LogP contribution in [0.5, 0.6) is 0 Å². The van der Waals surface area contributed by atoms with E-state index in [1.807, 2.05) is 0 Å². The van der Waals surface area contributed by atoms with Gasteiger partial charge in [0.25, 0.3) is 0 Å². The average Bonchev–Trinajstić information content (AvgIpc) is 1.98. The minimum atomic E-state index is -0.501. The van der Waals surface area contributed by atoms with Gasteiger partial charge in [0, 0.05) is 13.5 Å². The largest absolute Gasteiger partial charge is 0.368 e. The Bertz CT molecular complexity index is 170. The van der Waals surface area contributed by atoms with Gasteiger partial charge in [0.2, 0.25) is 11.8 Å². The van der Waals surface area contributed by atoms with Crippen LogP contribution in [0.25, 0.3) is 0 Å². The van der Waals surface area contributed by atoms with E-state index in [9.17, 15) is 9.59 Å². The van der Waals surface area contributed by atoms with Crippen LogP contribution in [-0.4, -0.2) is 36.9 Å². The van der Waals surface area contributed by atoms with Gasteiger partial charge in [-0.1, -0.05) is 0 Å². The van der Waals surface area contributed by atoms with Crippen LogP contribution in [0.3, 0.4) is 0 Å². The summed E-state index contributed by atoms with van der Waals surface area (Å²) < 4.78 is 0. The van der Waals surface area contributed by atoms with E-state index in [2.05, 4.69) is 0 Å². The van der Waals surface area contributed by atoms with Crippen molar-refractivity contribution in [2.75, 3.05) is 20.1 Å². The second-order valence-corrected chi connectivity index (χ2v) is 2.61. The molecule has 0 spiro atoms. The van der Waals surface area contributed by atoms with Gasteiger partial charge in [-0.15, -0.1) is 0 Å². The highest BCUT2D eigenvalue weighted by Crippen LogP contribution is 1.93. The fraction of sp³-hybridized carbons (Fsp3) is 0.714. The van der Waals surface area contributed by atoms with Gasteiger partial charge in [-0.3, -0.25) is 9.59 Å². The molecule has 0 aliphatic rings. The van der Waals surface area contributed by atoms with E-state index < -0.39 is 5.91 Å². The van der Waals surface area contributed by atoms with Gasteiger partial charge in [0.1, 0.15) is 0 Å². The van der Waals surface area contributed by atoms with Crippen molar-refractivity contribution in [1.29, 1.82) is 0 Å². The summed E-state index contributed by atoms with van der Waals surface area (Å²) in [6.45, 7) is 0.458. The number of carbonyl (C=O) groups excluding carboxylic acids is 2. The van der Waals surface area contributed by atoms with Crippen LogP contribution < -0.4 is 11.5 Å². The summed E-state index contributed by atoms with van der Waals surface area (Å²) in [7, 11) is 1.55. The molecule has 5 heteroatoms. The summed E-state index contributed by atoms with van der Waals surface area (Å²) >= 11 is 0. The topological polar surface area (TPSA) is 89.4 Å². The molecule has 0 rings (SSSR count). The van der Waals surface area contributed by atoms with Gasteiger partial charge in [-0.25, -0.2) is 0 Å². The van der Waals surface area contributed by atoms with E-state index in [4.69, 9.17) is 11.5 Å². The van der Waals surface area contributed by atoms with Crippen molar-refractivity contribution in [2.24, 2.45) is 11.5 Å². The molecule has 0 atom stereocenters. The molecule has 0 fully saturated rings. The number of nitrogens with zero attached hydrogens (tertiary/aromatic N) is 1. The third kappa shape index (κ3) is 4.68. The van der Waals surface area contributed by atoms with E-state index in [0.29, 0.717) is 19.4 Å². The lowest BCUT2D eigenvalue weighted by Crippen LogP contribution is -2.35. The molecule has 0 aliphatic heterocycles. The molecule has 0 aromatic heterocycles. The van der Waals surface area contributed by atoms with E-state index >= 15 is 0 Å². The van der Waals surface area contributed by atoms with E-state index in [-0.39, 0.29) is 12.5 Å². The monoisotopic (exact) mass is 173 g/mol. The van der Waals surface area contributed by atoms with Gasteiger partial charge in [0.15, 0.2) is 0 Å². The number of rotatable bonds is 5. The predicted molar refractivity (Wildman–Crippen MR) is 45.1 cm³/mol. The summed E-state index contributed by atoms with van der Waals surface area (Å²) in [5.41, 5.74) is 10.1. The molecule has 4 N–H and O–H groups in total. The minimum Gasteiger partial charge on any atom is -0.368 e. The van der Waals surface area contributed by atoms with Crippen LogP contribution in [0.15, 0.2) is 0 Å². The highest BCUT2D eigenvalue weighted by atomic mass is 16.2. The van der Waals surface area contributed by atoms with Crippen molar-refractivity contribution >= 4 is 11.8 Å². The fourth-order valence-electron chi connectivity index (χ4n) is 0.766. The van der Waals surface area contributed by atoms with Crippen LogP contribution in [0.1, 0.15) is 12.8 Å². The minimum absolute atomic E-state index is 0.0244. The van der Waals surface area contributed by atoms with Crippen LogP contribution in [-0.2, 0) is 9.59 Å². The number of nitrogens with two attached hydrogens (primary N) is 2. The Balaban J connectivity index is 3.69.